The zero-order chi connectivity index (χ0) is 25.2. The smallest absolute Gasteiger partial charge is 0.343 e. The Morgan fingerprint density at radius 2 is 1.66 bits per heavy atom. The molecule has 3 rings (SSSR count). The predicted molar refractivity (Wildman–Crippen MR) is 131 cm³/mol. The molecule has 0 aliphatic carbocycles. The van der Waals surface area contributed by atoms with Crippen LogP contribution in [0.2, 0.25) is 5.02 Å². The van der Waals surface area contributed by atoms with E-state index in [-0.39, 0.29) is 11.5 Å². The van der Waals surface area contributed by atoms with Gasteiger partial charge in [-0.05, 0) is 79.2 Å². The van der Waals surface area contributed by atoms with Crippen molar-refractivity contribution in [1.82, 2.24) is 5.43 Å². The first-order chi connectivity index (χ1) is 16.9. The van der Waals surface area contributed by atoms with E-state index in [1.165, 1.54) is 19.4 Å². The molecule has 0 fully saturated rings. The maximum absolute atomic E-state index is 12.5. The molecule has 0 heterocycles. The van der Waals surface area contributed by atoms with Crippen molar-refractivity contribution in [1.29, 1.82) is 0 Å². The van der Waals surface area contributed by atoms with E-state index < -0.39 is 17.8 Å². The van der Waals surface area contributed by atoms with Crippen LogP contribution in [0.5, 0.6) is 17.2 Å². The molecule has 2 amide bonds. The Balaban J connectivity index is 1.58. The van der Waals surface area contributed by atoms with Crippen molar-refractivity contribution in [3.05, 3.63) is 82.9 Å². The average Bonchev–Trinajstić information content (AvgIpc) is 2.86. The summed E-state index contributed by atoms with van der Waals surface area (Å²) in [4.78, 5) is 36.4. The number of carbonyl (C=O) groups is 3. The fourth-order valence-corrected chi connectivity index (χ4v) is 2.92. The second kappa shape index (κ2) is 12.2. The Hall–Kier alpha value is -4.37. The van der Waals surface area contributed by atoms with E-state index in [1.807, 2.05) is 6.92 Å². The summed E-state index contributed by atoms with van der Waals surface area (Å²) >= 11 is 5.79. The third-order valence-corrected chi connectivity index (χ3v) is 4.73. The molecule has 0 atom stereocenters. The summed E-state index contributed by atoms with van der Waals surface area (Å²) in [6.07, 6.45) is 1.31. The Bertz CT molecular complexity index is 1230. The lowest BCUT2D eigenvalue weighted by Gasteiger charge is -2.10. The van der Waals surface area contributed by atoms with Gasteiger partial charge < -0.3 is 19.5 Å². The number of hydrazone groups is 1. The molecule has 0 unspecified atom stereocenters. The maximum Gasteiger partial charge on any atom is 0.343 e. The number of esters is 1. The number of carbonyl (C=O) groups excluding carboxylic acids is 3. The lowest BCUT2D eigenvalue weighted by atomic mass is 10.2. The highest BCUT2D eigenvalue weighted by molar-refractivity contribution is 6.39. The van der Waals surface area contributed by atoms with E-state index in [0.29, 0.717) is 34.2 Å². The molecule has 180 valence electrons. The van der Waals surface area contributed by atoms with Gasteiger partial charge in [-0.25, -0.2) is 10.2 Å². The van der Waals surface area contributed by atoms with Crippen LogP contribution in [0.4, 0.5) is 5.69 Å². The van der Waals surface area contributed by atoms with Crippen molar-refractivity contribution in [2.45, 2.75) is 6.92 Å². The van der Waals surface area contributed by atoms with Crippen molar-refractivity contribution in [2.24, 2.45) is 5.10 Å². The topological polar surface area (TPSA) is 115 Å². The highest BCUT2D eigenvalue weighted by Gasteiger charge is 2.14. The third kappa shape index (κ3) is 7.31. The molecule has 3 aromatic rings. The SMILES string of the molecule is CCOc1ccc(C(=O)Oc2ccc(/C=N/NC(=O)C(=O)Nc3ccc(Cl)cc3)cc2OC)cc1. The van der Waals surface area contributed by atoms with E-state index in [1.54, 1.807) is 60.7 Å². The third-order valence-electron chi connectivity index (χ3n) is 4.48. The number of hydrogen-bond acceptors (Lipinski definition) is 7. The van der Waals surface area contributed by atoms with Crippen molar-refractivity contribution < 1.29 is 28.6 Å². The van der Waals surface area contributed by atoms with Gasteiger partial charge in [0.05, 0.1) is 25.5 Å². The number of hydrogen-bond donors (Lipinski definition) is 2. The van der Waals surface area contributed by atoms with E-state index in [4.69, 9.17) is 25.8 Å². The number of methoxy groups -OCH3 is 1. The van der Waals surface area contributed by atoms with Gasteiger partial charge in [-0.3, -0.25) is 9.59 Å². The highest BCUT2D eigenvalue weighted by atomic mass is 35.5. The Kier molecular flexibility index (Phi) is 8.80. The minimum Gasteiger partial charge on any atom is -0.494 e. The largest absolute Gasteiger partial charge is 0.494 e. The van der Waals surface area contributed by atoms with E-state index in [2.05, 4.69) is 15.8 Å². The molecule has 0 saturated carbocycles. The van der Waals surface area contributed by atoms with Gasteiger partial charge in [-0.15, -0.1) is 0 Å². The molecule has 0 spiro atoms. The van der Waals surface area contributed by atoms with E-state index >= 15 is 0 Å². The molecule has 9 nitrogen and oxygen atoms in total. The van der Waals surface area contributed by atoms with Gasteiger partial charge in [-0.2, -0.15) is 5.10 Å². The lowest BCUT2D eigenvalue weighted by molar-refractivity contribution is -0.136. The van der Waals surface area contributed by atoms with Crippen LogP contribution in [0.1, 0.15) is 22.8 Å². The summed E-state index contributed by atoms with van der Waals surface area (Å²) in [5.74, 6) is -1.27. The van der Waals surface area contributed by atoms with Crippen molar-refractivity contribution in [2.75, 3.05) is 19.0 Å². The monoisotopic (exact) mass is 495 g/mol. The van der Waals surface area contributed by atoms with Crippen LogP contribution in [0.25, 0.3) is 0 Å². The Labute approximate surface area is 206 Å². The Morgan fingerprint density at radius 1 is 0.943 bits per heavy atom. The molecule has 0 aliphatic rings. The summed E-state index contributed by atoms with van der Waals surface area (Å²) in [7, 11) is 1.42. The molecule has 10 heteroatoms. The molecule has 0 aliphatic heterocycles. The van der Waals surface area contributed by atoms with Gasteiger partial charge in [-0.1, -0.05) is 11.6 Å². The first kappa shape index (κ1) is 25.3. The number of benzene rings is 3. The first-order valence-electron chi connectivity index (χ1n) is 10.4. The molecular weight excluding hydrogens is 474 g/mol. The van der Waals surface area contributed by atoms with Crippen molar-refractivity contribution >= 4 is 41.3 Å². The normalized spacial score (nSPS) is 10.5. The fraction of sp³-hybridized carbons (Fsp3) is 0.120. The predicted octanol–water partition coefficient (Wildman–Crippen LogP) is 4.06. The summed E-state index contributed by atoms with van der Waals surface area (Å²) in [5, 5.41) is 6.70. The van der Waals surface area contributed by atoms with Gasteiger partial charge in [0, 0.05) is 10.7 Å². The molecule has 0 aromatic heterocycles. The van der Waals surface area contributed by atoms with Gasteiger partial charge in [0.15, 0.2) is 11.5 Å². The Morgan fingerprint density at radius 3 is 2.31 bits per heavy atom. The maximum atomic E-state index is 12.5. The summed E-state index contributed by atoms with van der Waals surface area (Å²) in [6.45, 7) is 2.40. The second-order valence-electron chi connectivity index (χ2n) is 6.92. The van der Waals surface area contributed by atoms with Gasteiger partial charge >= 0.3 is 17.8 Å². The van der Waals surface area contributed by atoms with E-state index in [9.17, 15) is 14.4 Å². The quantitative estimate of drug-likeness (QED) is 0.160. The number of rotatable bonds is 8. The molecule has 35 heavy (non-hydrogen) atoms. The molecule has 3 aromatic carbocycles. The lowest BCUT2D eigenvalue weighted by Crippen LogP contribution is -2.32. The van der Waals surface area contributed by atoms with Gasteiger partial charge in [0.1, 0.15) is 5.75 Å². The fourth-order valence-electron chi connectivity index (χ4n) is 2.80. The first-order valence-corrected chi connectivity index (χ1v) is 10.8. The van der Waals surface area contributed by atoms with Gasteiger partial charge in [0.2, 0.25) is 0 Å². The molecule has 2 N–H and O–H groups in total. The van der Waals surface area contributed by atoms with Crippen LogP contribution in [-0.4, -0.2) is 37.7 Å². The van der Waals surface area contributed by atoms with Crippen LogP contribution in [0, 0.1) is 0 Å². The molecule has 0 radical (unpaired) electrons. The molecular formula is C25H22ClN3O6. The average molecular weight is 496 g/mol. The number of halogens is 1. The van der Waals surface area contributed by atoms with Crippen LogP contribution >= 0.6 is 11.6 Å². The molecule has 0 saturated heterocycles. The molecule has 0 bridgehead atoms. The number of anilines is 1. The zero-order valence-corrected chi connectivity index (χ0v) is 19.7. The summed E-state index contributed by atoms with van der Waals surface area (Å²) in [5.41, 5.74) is 3.43. The van der Waals surface area contributed by atoms with Gasteiger partial charge in [0.25, 0.3) is 0 Å². The van der Waals surface area contributed by atoms with Crippen LogP contribution in [-0.2, 0) is 9.59 Å². The van der Waals surface area contributed by atoms with Crippen molar-refractivity contribution in [3.8, 4) is 17.2 Å². The van der Waals surface area contributed by atoms with Crippen LogP contribution < -0.4 is 25.0 Å². The van der Waals surface area contributed by atoms with E-state index in [0.717, 1.165) is 0 Å². The van der Waals surface area contributed by atoms with Crippen LogP contribution in [0.3, 0.4) is 0 Å². The number of nitrogens with zero attached hydrogens (tertiary/aromatic N) is 1. The minimum absolute atomic E-state index is 0.204. The minimum atomic E-state index is -0.955. The summed E-state index contributed by atoms with van der Waals surface area (Å²) in [6, 6.07) is 17.6. The number of amides is 2. The second-order valence-corrected chi connectivity index (χ2v) is 7.35. The summed E-state index contributed by atoms with van der Waals surface area (Å²) < 4.78 is 16.1. The van der Waals surface area contributed by atoms with Crippen LogP contribution in [0.15, 0.2) is 71.8 Å². The number of ether oxygens (including phenoxy) is 3. The highest BCUT2D eigenvalue weighted by Crippen LogP contribution is 2.28. The van der Waals surface area contributed by atoms with Crippen molar-refractivity contribution in [3.63, 3.8) is 0 Å². The standard InChI is InChI=1S/C25H22ClN3O6/c1-3-34-20-11-5-17(6-12-20)25(32)35-21-13-4-16(14-22(21)33-2)15-27-29-24(31)23(30)28-19-9-7-18(26)8-10-19/h4-15H,3H2,1-2H3,(H,28,30)(H,29,31)/b27-15+. The number of nitrogens with one attached hydrogen (secondary N) is 2. The zero-order valence-electron chi connectivity index (χ0n) is 18.9.